The molecule has 0 aliphatic heterocycles. The highest BCUT2D eigenvalue weighted by Gasteiger charge is 2.21. The quantitative estimate of drug-likeness (QED) is 0.754. The lowest BCUT2D eigenvalue weighted by atomic mass is 10.3. The van der Waals surface area contributed by atoms with Crippen LogP contribution >= 0.6 is 11.6 Å². The maximum absolute atomic E-state index is 12.4. The van der Waals surface area contributed by atoms with Crippen molar-refractivity contribution < 1.29 is 14.7 Å². The second-order valence-electron chi connectivity index (χ2n) is 4.62. The van der Waals surface area contributed by atoms with Crippen LogP contribution in [0.25, 0.3) is 0 Å². The molecule has 0 heterocycles. The summed E-state index contributed by atoms with van der Waals surface area (Å²) in [6.45, 7) is 0.942. The maximum Gasteiger partial charge on any atom is 0.324 e. The number of carboxylic acids is 1. The lowest BCUT2D eigenvalue weighted by Gasteiger charge is -2.27. The van der Waals surface area contributed by atoms with Gasteiger partial charge in [-0.05, 0) is 44.3 Å². The van der Waals surface area contributed by atoms with E-state index < -0.39 is 12.5 Å². The molecular formula is C14H20ClN3O3. The molecule has 0 atom stereocenters. The van der Waals surface area contributed by atoms with Gasteiger partial charge in [0.15, 0.2) is 0 Å². The zero-order chi connectivity index (χ0) is 15.8. The number of carbonyl (C=O) groups excluding carboxylic acids is 1. The number of nitrogens with one attached hydrogen (secondary N) is 1. The van der Waals surface area contributed by atoms with Gasteiger partial charge < -0.3 is 15.3 Å². The number of benzene rings is 1. The molecule has 0 aliphatic rings. The number of halogens is 1. The van der Waals surface area contributed by atoms with Crippen LogP contribution < -0.4 is 10.2 Å². The van der Waals surface area contributed by atoms with Crippen LogP contribution in [0.5, 0.6) is 0 Å². The van der Waals surface area contributed by atoms with Gasteiger partial charge in [0.2, 0.25) is 0 Å². The minimum Gasteiger partial charge on any atom is -0.480 e. The van der Waals surface area contributed by atoms with Gasteiger partial charge in [-0.15, -0.1) is 0 Å². The first-order valence-electron chi connectivity index (χ1n) is 6.60. The Morgan fingerprint density at radius 2 is 1.90 bits per heavy atom. The van der Waals surface area contributed by atoms with Gasteiger partial charge in [0.25, 0.3) is 0 Å². The van der Waals surface area contributed by atoms with Crippen LogP contribution in [0, 0.1) is 0 Å². The second-order valence-corrected chi connectivity index (χ2v) is 5.05. The summed E-state index contributed by atoms with van der Waals surface area (Å²) in [5, 5.41) is 12.5. The molecule has 21 heavy (non-hydrogen) atoms. The molecule has 1 aromatic carbocycles. The van der Waals surface area contributed by atoms with Crippen molar-refractivity contribution in [2.45, 2.75) is 6.42 Å². The van der Waals surface area contributed by atoms with Crippen molar-refractivity contribution in [3.05, 3.63) is 29.3 Å². The fourth-order valence-electron chi connectivity index (χ4n) is 1.82. The summed E-state index contributed by atoms with van der Waals surface area (Å²) < 4.78 is 0. The monoisotopic (exact) mass is 313 g/mol. The largest absolute Gasteiger partial charge is 0.480 e. The third kappa shape index (κ3) is 5.61. The number of hydrogen-bond acceptors (Lipinski definition) is 3. The molecule has 1 aromatic rings. The van der Waals surface area contributed by atoms with Crippen LogP contribution in [0.2, 0.25) is 5.02 Å². The summed E-state index contributed by atoms with van der Waals surface area (Å²) in [6, 6.07) is 6.16. The minimum absolute atomic E-state index is 0.351. The number of hydrogen-bond donors (Lipinski definition) is 2. The fourth-order valence-corrected chi connectivity index (χ4v) is 1.95. The number of carboxylic acid groups (broad SMARTS) is 1. The first kappa shape index (κ1) is 17.3. The van der Waals surface area contributed by atoms with E-state index in [0.717, 1.165) is 13.0 Å². The lowest BCUT2D eigenvalue weighted by molar-refractivity contribution is -0.135. The van der Waals surface area contributed by atoms with Crippen LogP contribution in [0.1, 0.15) is 6.42 Å². The van der Waals surface area contributed by atoms with Crippen LogP contribution in [-0.4, -0.2) is 55.7 Å². The van der Waals surface area contributed by atoms with E-state index in [4.69, 9.17) is 16.7 Å². The van der Waals surface area contributed by atoms with Gasteiger partial charge in [-0.2, -0.15) is 0 Å². The van der Waals surface area contributed by atoms with Crippen molar-refractivity contribution in [1.29, 1.82) is 0 Å². The molecule has 0 saturated carbocycles. The molecule has 116 valence electrons. The van der Waals surface area contributed by atoms with Gasteiger partial charge in [-0.3, -0.25) is 9.69 Å². The van der Waals surface area contributed by atoms with Crippen LogP contribution in [-0.2, 0) is 4.79 Å². The highest BCUT2D eigenvalue weighted by molar-refractivity contribution is 6.30. The summed E-state index contributed by atoms with van der Waals surface area (Å²) in [5.74, 6) is -1.07. The third-order valence-corrected chi connectivity index (χ3v) is 3.16. The molecule has 1 rings (SSSR count). The summed E-state index contributed by atoms with van der Waals surface area (Å²) in [5.41, 5.74) is 0.507. The van der Waals surface area contributed by atoms with E-state index in [1.807, 2.05) is 7.05 Å². The average molecular weight is 314 g/mol. The molecule has 0 unspecified atom stereocenters. The molecule has 7 heteroatoms. The zero-order valence-corrected chi connectivity index (χ0v) is 12.9. The van der Waals surface area contributed by atoms with E-state index in [-0.39, 0.29) is 6.03 Å². The maximum atomic E-state index is 12.4. The molecule has 0 radical (unpaired) electrons. The predicted octanol–water partition coefficient (Wildman–Crippen LogP) is 1.89. The molecular weight excluding hydrogens is 294 g/mol. The smallest absolute Gasteiger partial charge is 0.324 e. The van der Waals surface area contributed by atoms with Gasteiger partial charge in [0, 0.05) is 24.3 Å². The Kier molecular flexibility index (Phi) is 6.98. The second kappa shape index (κ2) is 8.49. The van der Waals surface area contributed by atoms with Crippen molar-refractivity contribution in [2.24, 2.45) is 0 Å². The number of urea groups is 1. The Morgan fingerprint density at radius 3 is 2.43 bits per heavy atom. The Morgan fingerprint density at radius 1 is 1.29 bits per heavy atom. The molecule has 0 fully saturated rings. The molecule has 0 bridgehead atoms. The molecule has 0 spiro atoms. The molecule has 0 aromatic heterocycles. The zero-order valence-electron chi connectivity index (χ0n) is 12.2. The number of aliphatic carboxylic acids is 1. The van der Waals surface area contributed by atoms with Crippen molar-refractivity contribution in [2.75, 3.05) is 38.6 Å². The first-order valence-corrected chi connectivity index (χ1v) is 6.98. The van der Waals surface area contributed by atoms with Gasteiger partial charge in [0.1, 0.15) is 6.54 Å². The summed E-state index contributed by atoms with van der Waals surface area (Å²) >= 11 is 5.81. The number of nitrogens with zero attached hydrogens (tertiary/aromatic N) is 2. The van der Waals surface area contributed by atoms with Crippen LogP contribution in [0.4, 0.5) is 10.5 Å². The third-order valence-electron chi connectivity index (χ3n) is 2.91. The van der Waals surface area contributed by atoms with Gasteiger partial charge in [-0.1, -0.05) is 11.6 Å². The van der Waals surface area contributed by atoms with Gasteiger partial charge >= 0.3 is 12.0 Å². The Bertz CT molecular complexity index is 479. The predicted molar refractivity (Wildman–Crippen MR) is 83.0 cm³/mol. The molecule has 2 N–H and O–H groups in total. The van der Waals surface area contributed by atoms with Crippen LogP contribution in [0.3, 0.4) is 0 Å². The number of amides is 2. The van der Waals surface area contributed by atoms with Crippen molar-refractivity contribution in [1.82, 2.24) is 10.2 Å². The normalized spacial score (nSPS) is 10.2. The lowest BCUT2D eigenvalue weighted by Crippen LogP contribution is -2.44. The molecule has 0 aliphatic carbocycles. The van der Waals surface area contributed by atoms with Crippen LogP contribution in [0.15, 0.2) is 24.3 Å². The summed E-state index contributed by atoms with van der Waals surface area (Å²) in [6.07, 6.45) is 0.792. The van der Waals surface area contributed by atoms with Gasteiger partial charge in [-0.25, -0.2) is 4.79 Å². The molecule has 2 amide bonds. The molecule has 0 saturated heterocycles. The first-order chi connectivity index (χ1) is 9.95. The fraction of sp³-hybridized carbons (Fsp3) is 0.429. The minimum atomic E-state index is -1.07. The number of rotatable bonds is 7. The number of carbonyl (C=O) groups is 2. The van der Waals surface area contributed by atoms with Gasteiger partial charge in [0.05, 0.1) is 0 Å². The Balaban J connectivity index is 2.83. The summed E-state index contributed by atoms with van der Waals surface area (Å²) in [4.78, 5) is 26.1. The van der Waals surface area contributed by atoms with E-state index >= 15 is 0 Å². The van der Waals surface area contributed by atoms with E-state index in [1.165, 1.54) is 9.80 Å². The van der Waals surface area contributed by atoms with E-state index in [1.54, 1.807) is 31.3 Å². The van der Waals surface area contributed by atoms with E-state index in [2.05, 4.69) is 5.32 Å². The Labute approximate surface area is 129 Å². The highest BCUT2D eigenvalue weighted by Crippen LogP contribution is 2.19. The van der Waals surface area contributed by atoms with E-state index in [9.17, 15) is 9.59 Å². The highest BCUT2D eigenvalue weighted by atomic mass is 35.5. The number of anilines is 1. The standard InChI is InChI=1S/C14H20ClN3O3/c1-16-8-3-9-17(2)14(21)18(10-13(19)20)12-6-4-11(15)5-7-12/h4-7,16H,3,8-10H2,1-2H3,(H,19,20). The SMILES string of the molecule is CNCCCN(C)C(=O)N(CC(=O)O)c1ccc(Cl)cc1. The topological polar surface area (TPSA) is 72.9 Å². The Hall–Kier alpha value is -1.79. The van der Waals surface area contributed by atoms with Crippen molar-refractivity contribution >= 4 is 29.3 Å². The molecule has 6 nitrogen and oxygen atoms in total. The van der Waals surface area contributed by atoms with Crippen molar-refractivity contribution in [3.63, 3.8) is 0 Å². The summed E-state index contributed by atoms with van der Waals surface area (Å²) in [7, 11) is 3.50. The van der Waals surface area contributed by atoms with E-state index in [0.29, 0.717) is 17.3 Å². The average Bonchev–Trinajstić information content (AvgIpc) is 2.45. The van der Waals surface area contributed by atoms with Crippen molar-refractivity contribution in [3.8, 4) is 0 Å².